The molecule has 1 atom stereocenters. The van der Waals surface area contributed by atoms with Crippen LogP contribution in [0.2, 0.25) is 5.02 Å². The highest BCUT2D eigenvalue weighted by atomic mass is 35.5. The van der Waals surface area contributed by atoms with Crippen molar-refractivity contribution in [1.82, 2.24) is 5.32 Å². The molecule has 0 spiro atoms. The van der Waals surface area contributed by atoms with Crippen LogP contribution in [0, 0.1) is 0 Å². The van der Waals surface area contributed by atoms with E-state index in [1.165, 1.54) is 0 Å². The van der Waals surface area contributed by atoms with Crippen molar-refractivity contribution in [3.8, 4) is 0 Å². The largest absolute Gasteiger partial charge is 0.462 e. The quantitative estimate of drug-likeness (QED) is 0.602. The minimum atomic E-state index is -0.424. The van der Waals surface area contributed by atoms with Crippen LogP contribution in [0.1, 0.15) is 57.4 Å². The van der Waals surface area contributed by atoms with Gasteiger partial charge in [0.1, 0.15) is 0 Å². The van der Waals surface area contributed by atoms with E-state index in [0.717, 1.165) is 42.6 Å². The fourth-order valence-corrected chi connectivity index (χ4v) is 3.86. The Morgan fingerprint density at radius 1 is 1.35 bits per heavy atom. The third-order valence-electron chi connectivity index (χ3n) is 4.91. The van der Waals surface area contributed by atoms with Crippen molar-refractivity contribution >= 4 is 23.4 Å². The zero-order valence-corrected chi connectivity index (χ0v) is 16.0. The first kappa shape index (κ1) is 18.7. The molecule has 0 amide bonds. The van der Waals surface area contributed by atoms with Gasteiger partial charge in [-0.3, -0.25) is 4.79 Å². The van der Waals surface area contributed by atoms with E-state index >= 15 is 0 Å². The molecule has 138 valence electrons. The first-order valence-electron chi connectivity index (χ1n) is 9.19. The van der Waals surface area contributed by atoms with Gasteiger partial charge in [0.2, 0.25) is 0 Å². The number of halogens is 1. The van der Waals surface area contributed by atoms with Crippen LogP contribution in [0.25, 0.3) is 0 Å². The molecule has 0 bridgehead atoms. The molecule has 1 aliphatic heterocycles. The van der Waals surface area contributed by atoms with Gasteiger partial charge in [-0.25, -0.2) is 4.79 Å². The highest BCUT2D eigenvalue weighted by Gasteiger charge is 2.39. The summed E-state index contributed by atoms with van der Waals surface area (Å²) >= 11 is 6.19. The lowest BCUT2D eigenvalue weighted by molar-refractivity contribution is -0.139. The number of ether oxygens (including phenoxy) is 1. The van der Waals surface area contributed by atoms with E-state index in [9.17, 15) is 9.59 Å². The van der Waals surface area contributed by atoms with E-state index in [2.05, 4.69) is 5.32 Å². The summed E-state index contributed by atoms with van der Waals surface area (Å²) in [6, 6.07) is 7.39. The second kappa shape index (κ2) is 8.09. The van der Waals surface area contributed by atoms with Crippen LogP contribution in [0.3, 0.4) is 0 Å². The highest BCUT2D eigenvalue weighted by Crippen LogP contribution is 2.42. The summed E-state index contributed by atoms with van der Waals surface area (Å²) in [4.78, 5) is 25.6. The Balaban J connectivity index is 2.06. The molecular weight excluding hydrogens is 350 g/mol. The van der Waals surface area contributed by atoms with Gasteiger partial charge >= 0.3 is 5.97 Å². The lowest BCUT2D eigenvalue weighted by Gasteiger charge is -2.34. The SMILES string of the molecule is CCCCOC(=O)C1=C(C)NC2=C(C(=O)CCC2)[C@@H]1c1cccc(Cl)c1. The summed E-state index contributed by atoms with van der Waals surface area (Å²) in [5, 5.41) is 3.87. The molecule has 1 aromatic rings. The zero-order chi connectivity index (χ0) is 18.7. The number of carbonyl (C=O) groups is 2. The molecule has 1 aliphatic carbocycles. The zero-order valence-electron chi connectivity index (χ0n) is 15.2. The number of allylic oxidation sites excluding steroid dienone is 3. The van der Waals surface area contributed by atoms with Crippen LogP contribution < -0.4 is 5.32 Å². The molecule has 2 aliphatic rings. The van der Waals surface area contributed by atoms with Gasteiger partial charge in [0.05, 0.1) is 12.2 Å². The number of benzene rings is 1. The second-order valence-corrected chi connectivity index (χ2v) is 7.25. The van der Waals surface area contributed by atoms with E-state index in [4.69, 9.17) is 16.3 Å². The summed E-state index contributed by atoms with van der Waals surface area (Å²) in [5.41, 5.74) is 3.73. The van der Waals surface area contributed by atoms with E-state index in [-0.39, 0.29) is 11.8 Å². The van der Waals surface area contributed by atoms with Gasteiger partial charge in [-0.15, -0.1) is 0 Å². The number of unbranched alkanes of at least 4 members (excludes halogenated alkanes) is 1. The molecule has 1 N–H and O–H groups in total. The van der Waals surface area contributed by atoms with E-state index in [1.807, 2.05) is 32.0 Å². The topological polar surface area (TPSA) is 55.4 Å². The fourth-order valence-electron chi connectivity index (χ4n) is 3.66. The summed E-state index contributed by atoms with van der Waals surface area (Å²) < 4.78 is 5.49. The number of ketones is 1. The maximum Gasteiger partial charge on any atom is 0.336 e. The van der Waals surface area contributed by atoms with Gasteiger partial charge in [-0.1, -0.05) is 37.1 Å². The Bertz CT molecular complexity index is 794. The molecule has 4 nitrogen and oxygen atoms in total. The van der Waals surface area contributed by atoms with Crippen molar-refractivity contribution in [3.05, 3.63) is 57.4 Å². The van der Waals surface area contributed by atoms with Crippen molar-refractivity contribution in [2.45, 2.75) is 51.9 Å². The lowest BCUT2D eigenvalue weighted by Crippen LogP contribution is -2.34. The van der Waals surface area contributed by atoms with Gasteiger partial charge in [0.25, 0.3) is 0 Å². The van der Waals surface area contributed by atoms with Gasteiger partial charge in [0, 0.05) is 34.3 Å². The summed E-state index contributed by atoms with van der Waals surface area (Å²) in [6.07, 6.45) is 3.92. The summed E-state index contributed by atoms with van der Waals surface area (Å²) in [6.45, 7) is 4.30. The normalized spacial score (nSPS) is 20.0. The van der Waals surface area contributed by atoms with Crippen molar-refractivity contribution in [1.29, 1.82) is 0 Å². The number of nitrogens with one attached hydrogen (secondary N) is 1. The molecule has 3 rings (SSSR count). The summed E-state index contributed by atoms with van der Waals surface area (Å²) in [7, 11) is 0. The number of rotatable bonds is 5. The molecular formula is C21H24ClNO3. The minimum Gasteiger partial charge on any atom is -0.462 e. The number of hydrogen-bond acceptors (Lipinski definition) is 4. The molecule has 1 heterocycles. The molecule has 0 aromatic heterocycles. The van der Waals surface area contributed by atoms with Gasteiger partial charge in [-0.2, -0.15) is 0 Å². The van der Waals surface area contributed by atoms with Gasteiger partial charge in [0.15, 0.2) is 5.78 Å². The molecule has 0 saturated heterocycles. The van der Waals surface area contributed by atoms with Crippen LogP contribution in [0.4, 0.5) is 0 Å². The molecule has 26 heavy (non-hydrogen) atoms. The number of hydrogen-bond donors (Lipinski definition) is 1. The first-order chi connectivity index (χ1) is 12.5. The average Bonchev–Trinajstić information content (AvgIpc) is 2.61. The molecule has 1 aromatic carbocycles. The van der Waals surface area contributed by atoms with Crippen LogP contribution in [0.5, 0.6) is 0 Å². The molecule has 0 unspecified atom stereocenters. The van der Waals surface area contributed by atoms with Crippen LogP contribution >= 0.6 is 11.6 Å². The molecule has 0 saturated carbocycles. The van der Waals surface area contributed by atoms with Crippen LogP contribution in [-0.4, -0.2) is 18.4 Å². The van der Waals surface area contributed by atoms with Crippen molar-refractivity contribution in [2.24, 2.45) is 0 Å². The van der Waals surface area contributed by atoms with Crippen molar-refractivity contribution in [2.75, 3.05) is 6.61 Å². The maximum absolute atomic E-state index is 12.8. The molecule has 0 fully saturated rings. The third kappa shape index (κ3) is 3.70. The Kier molecular flexibility index (Phi) is 5.82. The Morgan fingerprint density at radius 2 is 2.15 bits per heavy atom. The minimum absolute atomic E-state index is 0.0927. The van der Waals surface area contributed by atoms with Crippen molar-refractivity contribution in [3.63, 3.8) is 0 Å². The van der Waals surface area contributed by atoms with E-state index in [0.29, 0.717) is 29.2 Å². The first-order valence-corrected chi connectivity index (χ1v) is 9.57. The van der Waals surface area contributed by atoms with Crippen LogP contribution in [0.15, 0.2) is 46.8 Å². The third-order valence-corrected chi connectivity index (χ3v) is 5.14. The second-order valence-electron chi connectivity index (χ2n) is 6.81. The monoisotopic (exact) mass is 373 g/mol. The molecule has 0 radical (unpaired) electrons. The van der Waals surface area contributed by atoms with Gasteiger partial charge in [-0.05, 0) is 43.9 Å². The van der Waals surface area contributed by atoms with E-state index < -0.39 is 5.92 Å². The number of esters is 1. The highest BCUT2D eigenvalue weighted by molar-refractivity contribution is 6.30. The predicted molar refractivity (Wildman–Crippen MR) is 102 cm³/mol. The Hall–Kier alpha value is -2.07. The molecule has 5 heteroatoms. The van der Waals surface area contributed by atoms with Crippen LogP contribution in [-0.2, 0) is 14.3 Å². The van der Waals surface area contributed by atoms with Crippen molar-refractivity contribution < 1.29 is 14.3 Å². The maximum atomic E-state index is 12.8. The number of Topliss-reactive ketones (excluding diaryl/α,β-unsaturated/α-hetero) is 1. The average molecular weight is 374 g/mol. The van der Waals surface area contributed by atoms with E-state index in [1.54, 1.807) is 6.07 Å². The smallest absolute Gasteiger partial charge is 0.336 e. The number of dihydropyridines is 1. The number of carbonyl (C=O) groups excluding carboxylic acids is 2. The predicted octanol–water partition coefficient (Wildman–Crippen LogP) is 4.65. The Morgan fingerprint density at radius 3 is 2.88 bits per heavy atom. The fraction of sp³-hybridized carbons (Fsp3) is 0.429. The summed E-state index contributed by atoms with van der Waals surface area (Å²) in [5.74, 6) is -0.694. The van der Waals surface area contributed by atoms with Gasteiger partial charge < -0.3 is 10.1 Å². The standard InChI is InChI=1S/C21H24ClNO3/c1-3-4-11-26-21(25)18-13(2)23-16-9-6-10-17(24)20(16)19(18)14-7-5-8-15(22)12-14/h5,7-8,12,19,23H,3-4,6,9-11H2,1-2H3/t19-/m1/s1. The Labute approximate surface area is 159 Å². The lowest BCUT2D eigenvalue weighted by atomic mass is 9.75.